The molecule has 0 bridgehead atoms. The lowest BCUT2D eigenvalue weighted by molar-refractivity contribution is -0.120. The van der Waals surface area contributed by atoms with Gasteiger partial charge in [-0.25, -0.2) is 13.1 Å². The average molecular weight is 495 g/mol. The Hall–Kier alpha value is -2.66. The van der Waals surface area contributed by atoms with Crippen LogP contribution in [0.25, 0.3) is 0 Å². The zero-order valence-corrected chi connectivity index (χ0v) is 20.0. The third kappa shape index (κ3) is 6.91. The van der Waals surface area contributed by atoms with E-state index < -0.39 is 21.8 Å². The van der Waals surface area contributed by atoms with Gasteiger partial charge in [0.1, 0.15) is 4.90 Å². The van der Waals surface area contributed by atoms with Gasteiger partial charge in [0.25, 0.3) is 11.8 Å². The molecule has 0 radical (unpaired) electrons. The Morgan fingerprint density at radius 2 is 1.91 bits per heavy atom. The molecule has 1 fully saturated rings. The fraction of sp³-hybridized carbons (Fsp3) is 0.364. The number of anilines is 1. The van der Waals surface area contributed by atoms with Crippen LogP contribution in [0.1, 0.15) is 34.3 Å². The predicted molar refractivity (Wildman–Crippen MR) is 126 cm³/mol. The van der Waals surface area contributed by atoms with Crippen LogP contribution in [0.2, 0.25) is 5.02 Å². The fourth-order valence-electron chi connectivity index (χ4n) is 3.37. The van der Waals surface area contributed by atoms with Gasteiger partial charge in [-0.05, 0) is 56.5 Å². The van der Waals surface area contributed by atoms with Crippen LogP contribution in [0.15, 0.2) is 41.3 Å². The molecule has 1 aliphatic heterocycles. The minimum atomic E-state index is -3.95. The maximum atomic E-state index is 12.7. The van der Waals surface area contributed by atoms with Gasteiger partial charge in [-0.2, -0.15) is 0 Å². The average Bonchev–Trinajstić information content (AvgIpc) is 3.29. The number of amides is 2. The molecule has 0 saturated carbocycles. The molecule has 11 heteroatoms. The molecule has 0 aliphatic carbocycles. The van der Waals surface area contributed by atoms with Crippen LogP contribution in [-0.4, -0.2) is 46.0 Å². The summed E-state index contributed by atoms with van der Waals surface area (Å²) in [6, 6.07) is 9.65. The molecule has 1 heterocycles. The number of carbonyl (C=O) groups is 2. The van der Waals surface area contributed by atoms with Gasteiger partial charge >= 0.3 is 0 Å². The van der Waals surface area contributed by atoms with Crippen LogP contribution in [0.3, 0.4) is 0 Å². The molecule has 0 aromatic heterocycles. The number of benzene rings is 2. The van der Waals surface area contributed by atoms with Crippen molar-refractivity contribution in [3.05, 3.63) is 58.1 Å². The van der Waals surface area contributed by atoms with Gasteiger partial charge in [0, 0.05) is 24.4 Å². The smallest absolute Gasteiger partial charge is 0.269 e. The van der Waals surface area contributed by atoms with Crippen molar-refractivity contribution in [1.82, 2.24) is 15.6 Å². The van der Waals surface area contributed by atoms with Crippen LogP contribution in [-0.2, 0) is 19.6 Å². The third-order valence-electron chi connectivity index (χ3n) is 5.14. The van der Waals surface area contributed by atoms with Crippen LogP contribution >= 0.6 is 11.6 Å². The zero-order valence-electron chi connectivity index (χ0n) is 18.4. The molecule has 0 spiro atoms. The molecule has 2 amide bonds. The van der Waals surface area contributed by atoms with E-state index in [1.165, 1.54) is 12.1 Å². The summed E-state index contributed by atoms with van der Waals surface area (Å²) in [5.41, 5.74) is 7.52. The van der Waals surface area contributed by atoms with Crippen LogP contribution in [0, 0.1) is 13.8 Å². The Balaban J connectivity index is 1.56. The first kappa shape index (κ1) is 25.0. The standard InChI is InChI=1S/C22H27ClN4O5S/c1-14-5-8-19(15(2)10-14)24-13-21(28)26-27-22(29)16-6-7-18(23)20(11-16)33(30,31)25-12-17-4-3-9-32-17/h5-8,10-11,17,24-25H,3-4,9,12-13H2,1-2H3,(H,26,28)(H,27,29). The van der Waals surface area contributed by atoms with E-state index in [1.807, 2.05) is 32.0 Å². The van der Waals surface area contributed by atoms with Crippen molar-refractivity contribution in [2.45, 2.75) is 37.7 Å². The SMILES string of the molecule is Cc1ccc(NCC(=O)NNC(=O)c2ccc(Cl)c(S(=O)(=O)NCC3CCCO3)c2)c(C)c1. The van der Waals surface area contributed by atoms with Crippen molar-refractivity contribution in [1.29, 1.82) is 0 Å². The third-order valence-corrected chi connectivity index (χ3v) is 7.05. The Morgan fingerprint density at radius 3 is 2.61 bits per heavy atom. The minimum Gasteiger partial charge on any atom is -0.377 e. The number of hydrogen-bond donors (Lipinski definition) is 4. The van der Waals surface area contributed by atoms with Gasteiger partial charge < -0.3 is 10.1 Å². The topological polar surface area (TPSA) is 126 Å². The lowest BCUT2D eigenvalue weighted by Gasteiger charge is -2.14. The fourth-order valence-corrected chi connectivity index (χ4v) is 4.96. The molecule has 1 atom stereocenters. The van der Waals surface area contributed by atoms with E-state index in [0.29, 0.717) is 6.61 Å². The van der Waals surface area contributed by atoms with Crippen molar-refractivity contribution in [3.63, 3.8) is 0 Å². The van der Waals surface area contributed by atoms with E-state index in [4.69, 9.17) is 16.3 Å². The second kappa shape index (κ2) is 11.0. The van der Waals surface area contributed by atoms with Gasteiger partial charge in [0.05, 0.1) is 17.7 Å². The molecule has 4 N–H and O–H groups in total. The van der Waals surface area contributed by atoms with Crippen molar-refractivity contribution >= 4 is 39.1 Å². The van der Waals surface area contributed by atoms with E-state index in [-0.39, 0.29) is 34.7 Å². The van der Waals surface area contributed by atoms with E-state index >= 15 is 0 Å². The number of carbonyl (C=O) groups excluding carboxylic acids is 2. The number of aryl methyl sites for hydroxylation is 2. The van der Waals surface area contributed by atoms with Crippen LogP contribution in [0.5, 0.6) is 0 Å². The zero-order chi connectivity index (χ0) is 24.0. The monoisotopic (exact) mass is 494 g/mol. The van der Waals surface area contributed by atoms with Gasteiger partial charge in [0.2, 0.25) is 10.0 Å². The molecule has 1 unspecified atom stereocenters. The van der Waals surface area contributed by atoms with Gasteiger partial charge in [0.15, 0.2) is 0 Å². The highest BCUT2D eigenvalue weighted by Gasteiger charge is 2.23. The molecule has 2 aromatic rings. The normalized spacial score (nSPS) is 15.8. The molecule has 9 nitrogen and oxygen atoms in total. The minimum absolute atomic E-state index is 0.0203. The lowest BCUT2D eigenvalue weighted by atomic mass is 10.1. The maximum Gasteiger partial charge on any atom is 0.269 e. The first-order valence-corrected chi connectivity index (χ1v) is 12.3. The molecule has 33 heavy (non-hydrogen) atoms. The summed E-state index contributed by atoms with van der Waals surface area (Å²) in [6.45, 7) is 4.58. The highest BCUT2D eigenvalue weighted by molar-refractivity contribution is 7.89. The summed E-state index contributed by atoms with van der Waals surface area (Å²) in [5, 5.41) is 2.98. The first-order valence-electron chi connectivity index (χ1n) is 10.5. The van der Waals surface area contributed by atoms with Crippen LogP contribution in [0.4, 0.5) is 5.69 Å². The van der Waals surface area contributed by atoms with E-state index in [0.717, 1.165) is 35.7 Å². The summed E-state index contributed by atoms with van der Waals surface area (Å²) in [6.07, 6.45) is 1.48. The summed E-state index contributed by atoms with van der Waals surface area (Å²) in [7, 11) is -3.95. The quantitative estimate of drug-likeness (QED) is 0.417. The molecule has 2 aromatic carbocycles. The maximum absolute atomic E-state index is 12.7. The number of ether oxygens (including phenoxy) is 1. The summed E-state index contributed by atoms with van der Waals surface area (Å²) in [5.74, 6) is -1.15. The molecule has 178 valence electrons. The molecular weight excluding hydrogens is 468 g/mol. The number of hydrogen-bond acceptors (Lipinski definition) is 6. The Morgan fingerprint density at radius 1 is 1.12 bits per heavy atom. The summed E-state index contributed by atoms with van der Waals surface area (Å²) in [4.78, 5) is 24.3. The number of hydrazine groups is 1. The Bertz CT molecular complexity index is 1130. The van der Waals surface area contributed by atoms with Crippen molar-refractivity contribution in [3.8, 4) is 0 Å². The highest BCUT2D eigenvalue weighted by Crippen LogP contribution is 2.23. The molecule has 3 rings (SSSR count). The van der Waals surface area contributed by atoms with Crippen molar-refractivity contribution < 1.29 is 22.7 Å². The number of sulfonamides is 1. The van der Waals surface area contributed by atoms with Crippen molar-refractivity contribution in [2.24, 2.45) is 0 Å². The van der Waals surface area contributed by atoms with Crippen LogP contribution < -0.4 is 20.9 Å². The van der Waals surface area contributed by atoms with Crippen molar-refractivity contribution in [2.75, 3.05) is 25.0 Å². The lowest BCUT2D eigenvalue weighted by Crippen LogP contribution is -2.44. The second-order valence-electron chi connectivity index (χ2n) is 7.81. The number of rotatable bonds is 8. The molecule has 1 aliphatic rings. The number of nitrogens with one attached hydrogen (secondary N) is 4. The van der Waals surface area contributed by atoms with E-state index in [2.05, 4.69) is 20.9 Å². The Labute approximate surface area is 198 Å². The summed E-state index contributed by atoms with van der Waals surface area (Å²) >= 11 is 6.07. The first-order chi connectivity index (χ1) is 15.7. The summed E-state index contributed by atoms with van der Waals surface area (Å²) < 4.78 is 33.2. The molecule has 1 saturated heterocycles. The second-order valence-corrected chi connectivity index (χ2v) is 9.95. The van der Waals surface area contributed by atoms with E-state index in [1.54, 1.807) is 0 Å². The largest absolute Gasteiger partial charge is 0.377 e. The van der Waals surface area contributed by atoms with E-state index in [9.17, 15) is 18.0 Å². The highest BCUT2D eigenvalue weighted by atomic mass is 35.5. The Kier molecular flexibility index (Phi) is 8.30. The van der Waals surface area contributed by atoms with Gasteiger partial charge in [-0.1, -0.05) is 29.3 Å². The number of halogens is 1. The van der Waals surface area contributed by atoms with Gasteiger partial charge in [-0.3, -0.25) is 20.4 Å². The van der Waals surface area contributed by atoms with Gasteiger partial charge in [-0.15, -0.1) is 0 Å². The predicted octanol–water partition coefficient (Wildman–Crippen LogP) is 2.29. The molecular formula is C22H27ClN4O5S.